The van der Waals surface area contributed by atoms with Crippen LogP contribution in [-0.4, -0.2) is 36.0 Å². The number of carboxylic acid groups (broad SMARTS) is 1. The van der Waals surface area contributed by atoms with Crippen LogP contribution in [0.25, 0.3) is 0 Å². The van der Waals surface area contributed by atoms with Crippen LogP contribution < -0.4 is 15.4 Å². The van der Waals surface area contributed by atoms with Crippen molar-refractivity contribution in [3.05, 3.63) is 65.5 Å². The molecule has 1 atom stereocenters. The van der Waals surface area contributed by atoms with Gasteiger partial charge in [-0.05, 0) is 36.8 Å². The Balaban J connectivity index is 2.00. The molecule has 28 heavy (non-hydrogen) atoms. The first-order valence-corrected chi connectivity index (χ1v) is 8.67. The zero-order valence-corrected chi connectivity index (χ0v) is 15.3. The number of halogens is 1. The van der Waals surface area contributed by atoms with E-state index in [0.717, 1.165) is 0 Å². The number of carboxylic acids is 1. The van der Waals surface area contributed by atoms with E-state index in [1.54, 1.807) is 31.2 Å². The lowest BCUT2D eigenvalue weighted by molar-refractivity contribution is -0.137. The van der Waals surface area contributed by atoms with Crippen LogP contribution in [-0.2, 0) is 9.59 Å². The van der Waals surface area contributed by atoms with Crippen LogP contribution in [0.4, 0.5) is 4.39 Å². The summed E-state index contributed by atoms with van der Waals surface area (Å²) >= 11 is 0. The average Bonchev–Trinajstić information content (AvgIpc) is 2.66. The molecule has 0 bridgehead atoms. The van der Waals surface area contributed by atoms with E-state index in [2.05, 4.69) is 10.6 Å². The second-order valence-corrected chi connectivity index (χ2v) is 5.88. The van der Waals surface area contributed by atoms with E-state index in [4.69, 9.17) is 9.84 Å². The van der Waals surface area contributed by atoms with Crippen LogP contribution >= 0.6 is 0 Å². The maximum absolute atomic E-state index is 13.1. The van der Waals surface area contributed by atoms with Crippen LogP contribution in [0.1, 0.15) is 35.3 Å². The number of benzene rings is 2. The maximum Gasteiger partial charge on any atom is 0.305 e. The second-order valence-electron chi connectivity index (χ2n) is 5.88. The number of amides is 2. The fourth-order valence-corrected chi connectivity index (χ4v) is 2.56. The van der Waals surface area contributed by atoms with Crippen molar-refractivity contribution in [3.8, 4) is 5.75 Å². The molecule has 0 aromatic heterocycles. The Labute approximate surface area is 161 Å². The molecule has 0 saturated heterocycles. The van der Waals surface area contributed by atoms with E-state index >= 15 is 0 Å². The van der Waals surface area contributed by atoms with Gasteiger partial charge in [0.2, 0.25) is 5.91 Å². The minimum atomic E-state index is -1.12. The molecule has 0 saturated carbocycles. The number of hydrogen-bond acceptors (Lipinski definition) is 4. The minimum absolute atomic E-state index is 0.290. The number of carbonyl (C=O) groups is 3. The van der Waals surface area contributed by atoms with Crippen molar-refractivity contribution in [1.82, 2.24) is 10.6 Å². The van der Waals surface area contributed by atoms with Gasteiger partial charge in [-0.3, -0.25) is 14.4 Å². The highest BCUT2D eigenvalue weighted by molar-refractivity contribution is 5.98. The molecular weight excluding hydrogens is 367 g/mol. The van der Waals surface area contributed by atoms with Gasteiger partial charge in [-0.25, -0.2) is 4.39 Å². The Morgan fingerprint density at radius 3 is 2.43 bits per heavy atom. The smallest absolute Gasteiger partial charge is 0.305 e. The molecule has 1 unspecified atom stereocenters. The lowest BCUT2D eigenvalue weighted by Crippen LogP contribution is -2.39. The monoisotopic (exact) mass is 388 g/mol. The molecular formula is C20H21FN2O5. The van der Waals surface area contributed by atoms with Crippen molar-refractivity contribution in [2.75, 3.05) is 13.2 Å². The third-order valence-electron chi connectivity index (χ3n) is 3.83. The van der Waals surface area contributed by atoms with Gasteiger partial charge in [0.25, 0.3) is 5.91 Å². The number of hydrogen-bond donors (Lipinski definition) is 3. The zero-order chi connectivity index (χ0) is 20.5. The van der Waals surface area contributed by atoms with Crippen LogP contribution in [0.15, 0.2) is 48.5 Å². The molecule has 2 aromatic carbocycles. The Hall–Kier alpha value is -3.42. The van der Waals surface area contributed by atoms with Gasteiger partial charge in [0.1, 0.15) is 11.6 Å². The zero-order valence-electron chi connectivity index (χ0n) is 15.3. The van der Waals surface area contributed by atoms with E-state index in [1.807, 2.05) is 0 Å². The Morgan fingerprint density at radius 2 is 1.79 bits per heavy atom. The summed E-state index contributed by atoms with van der Waals surface area (Å²) in [5.74, 6) is -2.25. The first-order valence-electron chi connectivity index (χ1n) is 8.67. The van der Waals surface area contributed by atoms with Gasteiger partial charge in [-0.15, -0.1) is 0 Å². The number of aliphatic carboxylic acids is 1. The van der Waals surface area contributed by atoms with Gasteiger partial charge in [0.05, 0.1) is 31.2 Å². The SMILES string of the molecule is CCOc1ccccc1C(=O)NCC(=O)NC(CC(=O)O)c1ccc(F)cc1. The molecule has 148 valence electrons. The van der Waals surface area contributed by atoms with Crippen molar-refractivity contribution < 1.29 is 28.6 Å². The third-order valence-corrected chi connectivity index (χ3v) is 3.83. The largest absolute Gasteiger partial charge is 0.493 e. The van der Waals surface area contributed by atoms with Gasteiger partial charge >= 0.3 is 5.97 Å². The molecule has 0 aliphatic heterocycles. The Kier molecular flexibility index (Phi) is 7.50. The van der Waals surface area contributed by atoms with Crippen LogP contribution in [0, 0.1) is 5.82 Å². The number of carbonyl (C=O) groups excluding carboxylic acids is 2. The maximum atomic E-state index is 13.1. The third kappa shape index (κ3) is 6.08. The van der Waals surface area contributed by atoms with Crippen LogP contribution in [0.2, 0.25) is 0 Å². The van der Waals surface area contributed by atoms with E-state index < -0.39 is 29.6 Å². The number of ether oxygens (including phenoxy) is 1. The van der Waals surface area contributed by atoms with E-state index in [9.17, 15) is 18.8 Å². The van der Waals surface area contributed by atoms with Crippen molar-refractivity contribution in [3.63, 3.8) is 0 Å². The molecule has 3 N–H and O–H groups in total. The number of nitrogens with one attached hydrogen (secondary N) is 2. The summed E-state index contributed by atoms with van der Waals surface area (Å²) < 4.78 is 18.5. The summed E-state index contributed by atoms with van der Waals surface area (Å²) in [5.41, 5.74) is 0.739. The molecule has 7 nitrogen and oxygen atoms in total. The predicted molar refractivity (Wildman–Crippen MR) is 99.5 cm³/mol. The summed E-state index contributed by atoms with van der Waals surface area (Å²) in [4.78, 5) is 35.6. The van der Waals surface area contributed by atoms with Crippen molar-refractivity contribution in [1.29, 1.82) is 0 Å². The quantitative estimate of drug-likeness (QED) is 0.611. The summed E-state index contributed by atoms with van der Waals surface area (Å²) in [5, 5.41) is 14.1. The fraction of sp³-hybridized carbons (Fsp3) is 0.250. The summed E-state index contributed by atoms with van der Waals surface area (Å²) in [7, 11) is 0. The Bertz CT molecular complexity index is 839. The highest BCUT2D eigenvalue weighted by Gasteiger charge is 2.19. The molecule has 0 fully saturated rings. The van der Waals surface area contributed by atoms with Crippen molar-refractivity contribution in [2.24, 2.45) is 0 Å². The van der Waals surface area contributed by atoms with Gasteiger partial charge in [-0.1, -0.05) is 24.3 Å². The molecule has 0 spiro atoms. The first kappa shape index (κ1) is 20.9. The van der Waals surface area contributed by atoms with Crippen LogP contribution in [0.3, 0.4) is 0 Å². The van der Waals surface area contributed by atoms with Crippen molar-refractivity contribution >= 4 is 17.8 Å². The highest BCUT2D eigenvalue weighted by atomic mass is 19.1. The lowest BCUT2D eigenvalue weighted by atomic mass is 10.0. The number of para-hydroxylation sites is 1. The lowest BCUT2D eigenvalue weighted by Gasteiger charge is -2.18. The molecule has 0 radical (unpaired) electrons. The molecule has 2 amide bonds. The standard InChI is InChI=1S/C20H21FN2O5/c1-2-28-17-6-4-3-5-15(17)20(27)22-12-18(24)23-16(11-19(25)26)13-7-9-14(21)10-8-13/h3-10,16H,2,11-12H2,1H3,(H,22,27)(H,23,24)(H,25,26). The van der Waals surface area contributed by atoms with E-state index in [0.29, 0.717) is 17.9 Å². The van der Waals surface area contributed by atoms with Gasteiger partial charge < -0.3 is 20.5 Å². The summed E-state index contributed by atoms with van der Waals surface area (Å²) in [6, 6.07) is 11.0. The molecule has 0 heterocycles. The van der Waals surface area contributed by atoms with Gasteiger partial charge in [0.15, 0.2) is 0 Å². The van der Waals surface area contributed by atoms with Crippen LogP contribution in [0.5, 0.6) is 5.75 Å². The molecule has 2 rings (SSSR count). The first-order chi connectivity index (χ1) is 13.4. The topological polar surface area (TPSA) is 105 Å². The highest BCUT2D eigenvalue weighted by Crippen LogP contribution is 2.18. The number of rotatable bonds is 9. The van der Waals surface area contributed by atoms with Gasteiger partial charge in [-0.2, -0.15) is 0 Å². The normalized spacial score (nSPS) is 11.4. The summed E-state index contributed by atoms with van der Waals surface area (Å²) in [6.45, 7) is 1.83. The van der Waals surface area contributed by atoms with E-state index in [-0.39, 0.29) is 18.5 Å². The average molecular weight is 388 g/mol. The minimum Gasteiger partial charge on any atom is -0.493 e. The molecule has 0 aliphatic rings. The summed E-state index contributed by atoms with van der Waals surface area (Å²) in [6.07, 6.45) is -0.376. The van der Waals surface area contributed by atoms with Gasteiger partial charge in [0, 0.05) is 0 Å². The molecule has 0 aliphatic carbocycles. The molecule has 2 aromatic rings. The predicted octanol–water partition coefficient (Wildman–Crippen LogP) is 2.29. The van der Waals surface area contributed by atoms with Crippen molar-refractivity contribution in [2.45, 2.75) is 19.4 Å². The second kappa shape index (κ2) is 10.1. The fourth-order valence-electron chi connectivity index (χ4n) is 2.56. The Morgan fingerprint density at radius 1 is 1.11 bits per heavy atom. The van der Waals surface area contributed by atoms with E-state index in [1.165, 1.54) is 24.3 Å². The molecule has 8 heteroatoms.